The van der Waals surface area contributed by atoms with Crippen molar-refractivity contribution in [3.8, 4) is 0 Å². The Labute approximate surface area is 224 Å². The van der Waals surface area contributed by atoms with Crippen molar-refractivity contribution in [3.05, 3.63) is 151 Å². The van der Waals surface area contributed by atoms with Crippen molar-refractivity contribution < 1.29 is 0 Å². The highest BCUT2D eigenvalue weighted by atomic mass is 31.2. The van der Waals surface area contributed by atoms with E-state index in [1.165, 1.54) is 38.0 Å². The molecule has 5 rings (SSSR count). The normalized spacial score (nSPS) is 11.3. The Hall–Kier alpha value is -3.24. The summed E-state index contributed by atoms with van der Waals surface area (Å²) in [7, 11) is -1.74. The van der Waals surface area contributed by atoms with Gasteiger partial charge in [-0.2, -0.15) is 0 Å². The van der Waals surface area contributed by atoms with Crippen LogP contribution in [0.25, 0.3) is 0 Å². The van der Waals surface area contributed by atoms with Crippen LogP contribution in [-0.4, -0.2) is 0 Å². The van der Waals surface area contributed by atoms with Gasteiger partial charge in [0.1, 0.15) is 0 Å². The summed E-state index contributed by atoms with van der Waals surface area (Å²) in [5, 5.41) is 5.45. The summed E-state index contributed by atoms with van der Waals surface area (Å²) in [5.41, 5.74) is 4.10. The lowest BCUT2D eigenvalue weighted by Crippen LogP contribution is -2.32. The van der Waals surface area contributed by atoms with Gasteiger partial charge in [-0.1, -0.05) is 153 Å². The fourth-order valence-electron chi connectivity index (χ4n) is 4.72. The Bertz CT molecular complexity index is 1240. The maximum absolute atomic E-state index is 2.81. The van der Waals surface area contributed by atoms with E-state index in [9.17, 15) is 0 Å². The lowest BCUT2D eigenvalue weighted by atomic mass is 9.99. The largest absolute Gasteiger partial charge is 0.312 e. The molecule has 0 amide bonds. The number of rotatable bonds is 8. The standard InChI is InChI=1S/C34H33NP2/c1-27(2)33-26-16-17-28(3)34(33)35(36(29-18-8-4-9-19-29)30-20-10-5-11-21-30)37(31-22-12-6-13-23-31)32-24-14-7-15-25-32/h4-27H,1-3H3. The molecule has 0 heterocycles. The molecule has 3 heteroatoms. The predicted molar refractivity (Wildman–Crippen MR) is 166 cm³/mol. The number of nitrogens with zero attached hydrogens (tertiary/aromatic N) is 1. The fourth-order valence-corrected chi connectivity index (χ4v) is 10.9. The highest BCUT2D eigenvalue weighted by molar-refractivity contribution is 7.90. The van der Waals surface area contributed by atoms with E-state index in [2.05, 4.69) is 165 Å². The molecule has 5 aromatic rings. The maximum Gasteiger partial charge on any atom is 0.0590 e. The topological polar surface area (TPSA) is 3.24 Å². The van der Waals surface area contributed by atoms with Crippen molar-refractivity contribution in [2.45, 2.75) is 26.7 Å². The molecular weight excluding hydrogens is 484 g/mol. The molecule has 0 radical (unpaired) electrons. The monoisotopic (exact) mass is 517 g/mol. The minimum atomic E-state index is -0.872. The first-order valence-electron chi connectivity index (χ1n) is 12.8. The van der Waals surface area contributed by atoms with Crippen LogP contribution in [-0.2, 0) is 0 Å². The van der Waals surface area contributed by atoms with E-state index in [0.29, 0.717) is 5.92 Å². The third-order valence-corrected chi connectivity index (χ3v) is 11.9. The van der Waals surface area contributed by atoms with Gasteiger partial charge in [0.25, 0.3) is 0 Å². The number of para-hydroxylation sites is 1. The van der Waals surface area contributed by atoms with Crippen molar-refractivity contribution in [2.24, 2.45) is 0 Å². The zero-order valence-electron chi connectivity index (χ0n) is 21.7. The highest BCUT2D eigenvalue weighted by Gasteiger charge is 2.34. The second-order valence-corrected chi connectivity index (χ2v) is 13.9. The second kappa shape index (κ2) is 11.9. The number of hydrogen-bond acceptors (Lipinski definition) is 1. The zero-order chi connectivity index (χ0) is 25.6. The minimum Gasteiger partial charge on any atom is -0.312 e. The summed E-state index contributed by atoms with van der Waals surface area (Å²) >= 11 is 0. The van der Waals surface area contributed by atoms with Gasteiger partial charge in [-0.3, -0.25) is 0 Å². The summed E-state index contributed by atoms with van der Waals surface area (Å²) in [6.45, 7) is 6.91. The first kappa shape index (κ1) is 25.4. The molecule has 5 aromatic carbocycles. The van der Waals surface area contributed by atoms with Gasteiger partial charge < -0.3 is 4.44 Å². The molecule has 0 saturated carbocycles. The third-order valence-electron chi connectivity index (χ3n) is 6.47. The van der Waals surface area contributed by atoms with Crippen LogP contribution in [0.2, 0.25) is 0 Å². The first-order valence-corrected chi connectivity index (χ1v) is 15.4. The number of hydrogen-bond donors (Lipinski definition) is 0. The van der Waals surface area contributed by atoms with Crippen LogP contribution in [0.4, 0.5) is 5.69 Å². The summed E-state index contributed by atoms with van der Waals surface area (Å²) in [4.78, 5) is 0. The molecule has 0 saturated heterocycles. The van der Waals surface area contributed by atoms with Gasteiger partial charge in [-0.05, 0) is 24.0 Å². The van der Waals surface area contributed by atoms with E-state index >= 15 is 0 Å². The number of benzene rings is 5. The summed E-state index contributed by atoms with van der Waals surface area (Å²) in [6, 6.07) is 51.2. The number of aryl methyl sites for hydroxylation is 1. The van der Waals surface area contributed by atoms with E-state index in [4.69, 9.17) is 0 Å². The Morgan fingerprint density at radius 3 is 1.14 bits per heavy atom. The Balaban J connectivity index is 1.88. The molecule has 0 unspecified atom stereocenters. The van der Waals surface area contributed by atoms with E-state index in [0.717, 1.165) is 0 Å². The Morgan fingerprint density at radius 1 is 0.459 bits per heavy atom. The van der Waals surface area contributed by atoms with Crippen molar-refractivity contribution in [3.63, 3.8) is 0 Å². The van der Waals surface area contributed by atoms with Crippen LogP contribution >= 0.6 is 16.1 Å². The predicted octanol–water partition coefficient (Wildman–Crippen LogP) is 8.02. The van der Waals surface area contributed by atoms with Gasteiger partial charge in [0.15, 0.2) is 0 Å². The van der Waals surface area contributed by atoms with Gasteiger partial charge >= 0.3 is 0 Å². The van der Waals surface area contributed by atoms with Gasteiger partial charge in [0, 0.05) is 21.2 Å². The summed E-state index contributed by atoms with van der Waals surface area (Å²) in [5.74, 6) is 0.407. The molecule has 0 atom stereocenters. The molecule has 184 valence electrons. The second-order valence-electron chi connectivity index (χ2n) is 9.42. The van der Waals surface area contributed by atoms with Crippen molar-refractivity contribution in [2.75, 3.05) is 4.44 Å². The Morgan fingerprint density at radius 2 is 0.811 bits per heavy atom. The van der Waals surface area contributed by atoms with Crippen molar-refractivity contribution in [1.29, 1.82) is 0 Å². The van der Waals surface area contributed by atoms with E-state index in [-0.39, 0.29) is 0 Å². The maximum atomic E-state index is 2.81. The Kier molecular flexibility index (Phi) is 8.15. The molecule has 0 aliphatic carbocycles. The first-order chi connectivity index (χ1) is 18.1. The molecule has 0 aliphatic heterocycles. The highest BCUT2D eigenvalue weighted by Crippen LogP contribution is 2.59. The van der Waals surface area contributed by atoms with E-state index < -0.39 is 16.1 Å². The van der Waals surface area contributed by atoms with E-state index in [1.807, 2.05) is 0 Å². The fraction of sp³-hybridized carbons (Fsp3) is 0.118. The van der Waals surface area contributed by atoms with Crippen LogP contribution in [0, 0.1) is 6.92 Å². The van der Waals surface area contributed by atoms with Crippen molar-refractivity contribution in [1.82, 2.24) is 0 Å². The lowest BCUT2D eigenvalue weighted by Gasteiger charge is -2.42. The van der Waals surface area contributed by atoms with Gasteiger partial charge in [0.05, 0.1) is 21.8 Å². The lowest BCUT2D eigenvalue weighted by molar-refractivity contribution is 0.866. The average Bonchev–Trinajstić information content (AvgIpc) is 2.95. The quantitative estimate of drug-likeness (QED) is 0.188. The smallest absolute Gasteiger partial charge is 0.0590 e. The van der Waals surface area contributed by atoms with Crippen LogP contribution in [0.1, 0.15) is 30.9 Å². The molecule has 0 N–H and O–H groups in total. The SMILES string of the molecule is Cc1cccc(C(C)C)c1N(P(c1ccccc1)c1ccccc1)P(c1ccccc1)c1ccccc1. The minimum absolute atomic E-state index is 0.407. The molecular formula is C34H33NP2. The van der Waals surface area contributed by atoms with Crippen LogP contribution in [0.5, 0.6) is 0 Å². The molecule has 1 nitrogen and oxygen atoms in total. The number of anilines is 1. The molecule has 0 aromatic heterocycles. The zero-order valence-corrected chi connectivity index (χ0v) is 23.5. The molecule has 0 bridgehead atoms. The molecule has 0 aliphatic rings. The van der Waals surface area contributed by atoms with E-state index in [1.54, 1.807) is 0 Å². The summed E-state index contributed by atoms with van der Waals surface area (Å²) < 4.78 is 2.81. The van der Waals surface area contributed by atoms with Gasteiger partial charge in [-0.15, -0.1) is 0 Å². The van der Waals surface area contributed by atoms with Crippen LogP contribution in [0.15, 0.2) is 140 Å². The summed E-state index contributed by atoms with van der Waals surface area (Å²) in [6.07, 6.45) is 0. The molecule has 0 spiro atoms. The molecule has 37 heavy (non-hydrogen) atoms. The third kappa shape index (κ3) is 5.55. The van der Waals surface area contributed by atoms with Gasteiger partial charge in [0.2, 0.25) is 0 Å². The van der Waals surface area contributed by atoms with Crippen LogP contribution in [0.3, 0.4) is 0 Å². The average molecular weight is 518 g/mol. The van der Waals surface area contributed by atoms with Gasteiger partial charge in [-0.25, -0.2) is 0 Å². The van der Waals surface area contributed by atoms with Crippen molar-refractivity contribution >= 4 is 43.1 Å². The van der Waals surface area contributed by atoms with Crippen LogP contribution < -0.4 is 25.7 Å². The molecule has 0 fully saturated rings.